The van der Waals surface area contributed by atoms with Crippen LogP contribution in [0.4, 0.5) is 4.39 Å². The number of imidazole rings is 1. The van der Waals surface area contributed by atoms with Crippen molar-refractivity contribution in [1.82, 2.24) is 49.3 Å². The van der Waals surface area contributed by atoms with Gasteiger partial charge in [0, 0.05) is 12.0 Å². The number of nitrogens with zero attached hydrogens (tertiary/aromatic N) is 9. The lowest BCUT2D eigenvalue weighted by Gasteiger charge is -2.14. The molecule has 6 rings (SSSR count). The van der Waals surface area contributed by atoms with Gasteiger partial charge in [-0.05, 0) is 40.5 Å². The molecule has 0 aliphatic carbocycles. The smallest absolute Gasteiger partial charge is 0.254 e. The van der Waals surface area contributed by atoms with Crippen molar-refractivity contribution >= 4 is 23.1 Å². The number of halogens is 2. The van der Waals surface area contributed by atoms with E-state index in [4.69, 9.17) is 16.6 Å². The highest BCUT2D eigenvalue weighted by molar-refractivity contribution is 7.09. The van der Waals surface area contributed by atoms with Gasteiger partial charge in [-0.3, -0.25) is 9.36 Å². The Morgan fingerprint density at radius 1 is 1.26 bits per heavy atom. The molecule has 5 aromatic rings. The molecule has 1 N–H and O–H groups in total. The fraction of sp³-hybridized carbons (Fsp3) is 0.200. The van der Waals surface area contributed by atoms with Gasteiger partial charge in [0.1, 0.15) is 18.0 Å². The van der Waals surface area contributed by atoms with Crippen molar-refractivity contribution in [3.05, 3.63) is 69.8 Å². The van der Waals surface area contributed by atoms with Gasteiger partial charge < -0.3 is 4.98 Å². The van der Waals surface area contributed by atoms with E-state index >= 15 is 4.39 Å². The molecule has 14 heteroatoms. The van der Waals surface area contributed by atoms with E-state index in [0.29, 0.717) is 23.8 Å². The molecular weight excluding hydrogens is 483 g/mol. The summed E-state index contributed by atoms with van der Waals surface area (Å²) in [5, 5.41) is 14.8. The van der Waals surface area contributed by atoms with Crippen molar-refractivity contribution in [2.75, 3.05) is 0 Å². The Kier molecular flexibility index (Phi) is 4.81. The van der Waals surface area contributed by atoms with Crippen LogP contribution >= 0.6 is 23.1 Å². The number of benzene rings is 1. The summed E-state index contributed by atoms with van der Waals surface area (Å²) in [4.78, 5) is 26.6. The standard InChI is InChI=1S/C20H14ClFN10OS/c1-9-4-14(19-23-6-12(26-19)15-7-24-30-34-15)32-16(33)5-11(27-20(9)32)17-13(31-8-25-28-29-31)3-2-10(21)18(17)22/h2-3,5-9,14H,4H2,1H3,(H,23,26)/t9?,14-/m0/s1. The topological polar surface area (TPSA) is 133 Å². The SMILES string of the molecule is CC1C[C@@H](c2ncc(-c3cnns3)[nH]2)n2c1nc(-c1c(-n3cnnn3)ccc(Cl)c1F)cc2=O. The summed E-state index contributed by atoms with van der Waals surface area (Å²) >= 11 is 7.31. The second kappa shape index (κ2) is 7.88. The summed E-state index contributed by atoms with van der Waals surface area (Å²) in [5.74, 6) is 0.387. The highest BCUT2D eigenvalue weighted by atomic mass is 35.5. The molecule has 34 heavy (non-hydrogen) atoms. The monoisotopic (exact) mass is 496 g/mol. The molecule has 0 saturated heterocycles. The lowest BCUT2D eigenvalue weighted by molar-refractivity contribution is 0.555. The second-order valence-electron chi connectivity index (χ2n) is 7.83. The maximum atomic E-state index is 15.2. The lowest BCUT2D eigenvalue weighted by Crippen LogP contribution is -2.25. The molecule has 0 saturated carbocycles. The molecule has 0 spiro atoms. The van der Waals surface area contributed by atoms with Crippen LogP contribution in [0.1, 0.15) is 37.0 Å². The summed E-state index contributed by atoms with van der Waals surface area (Å²) in [6.07, 6.45) is 5.28. The van der Waals surface area contributed by atoms with Gasteiger partial charge in [-0.15, -0.1) is 10.2 Å². The second-order valence-corrected chi connectivity index (χ2v) is 9.03. The minimum atomic E-state index is -0.706. The number of tetrazole rings is 1. The maximum Gasteiger partial charge on any atom is 0.254 e. The third kappa shape index (κ3) is 3.23. The van der Waals surface area contributed by atoms with E-state index in [9.17, 15) is 4.79 Å². The molecule has 11 nitrogen and oxygen atoms in total. The number of rotatable bonds is 4. The van der Waals surface area contributed by atoms with Crippen LogP contribution < -0.4 is 5.56 Å². The maximum absolute atomic E-state index is 15.2. The Morgan fingerprint density at radius 2 is 2.15 bits per heavy atom. The third-order valence-corrected chi connectivity index (χ3v) is 6.76. The number of fused-ring (bicyclic) bond motifs is 1. The van der Waals surface area contributed by atoms with Gasteiger partial charge in [-0.1, -0.05) is 23.0 Å². The van der Waals surface area contributed by atoms with E-state index in [-0.39, 0.29) is 33.8 Å². The summed E-state index contributed by atoms with van der Waals surface area (Å²) in [6.45, 7) is 1.97. The first-order valence-electron chi connectivity index (χ1n) is 10.2. The van der Waals surface area contributed by atoms with Crippen LogP contribution in [-0.2, 0) is 0 Å². The first-order chi connectivity index (χ1) is 16.5. The number of hydrogen-bond acceptors (Lipinski definition) is 9. The predicted molar refractivity (Wildman–Crippen MR) is 120 cm³/mol. The number of nitrogens with one attached hydrogen (secondary N) is 1. The molecule has 1 unspecified atom stereocenters. The minimum absolute atomic E-state index is 0.0499. The van der Waals surface area contributed by atoms with Crippen LogP contribution in [0.2, 0.25) is 5.02 Å². The Hall–Kier alpha value is -3.84. The van der Waals surface area contributed by atoms with Crippen molar-refractivity contribution < 1.29 is 4.39 Å². The molecule has 1 aliphatic rings. The van der Waals surface area contributed by atoms with Gasteiger partial charge in [-0.25, -0.2) is 14.4 Å². The Balaban J connectivity index is 1.47. The normalized spacial score (nSPS) is 17.3. The van der Waals surface area contributed by atoms with E-state index in [1.807, 2.05) is 6.92 Å². The molecule has 0 radical (unpaired) electrons. The van der Waals surface area contributed by atoms with Crippen LogP contribution in [0.3, 0.4) is 0 Å². The van der Waals surface area contributed by atoms with Crippen molar-refractivity contribution in [3.63, 3.8) is 0 Å². The van der Waals surface area contributed by atoms with Crippen LogP contribution in [-0.4, -0.2) is 49.3 Å². The first-order valence-corrected chi connectivity index (χ1v) is 11.3. The fourth-order valence-electron chi connectivity index (χ4n) is 4.24. The molecule has 1 aliphatic heterocycles. The van der Waals surface area contributed by atoms with E-state index in [1.54, 1.807) is 23.0 Å². The van der Waals surface area contributed by atoms with Gasteiger partial charge in [0.2, 0.25) is 0 Å². The predicted octanol–water partition coefficient (Wildman–Crippen LogP) is 3.02. The van der Waals surface area contributed by atoms with Crippen molar-refractivity contribution in [2.45, 2.75) is 25.3 Å². The highest BCUT2D eigenvalue weighted by Crippen LogP contribution is 2.39. The zero-order valence-electron chi connectivity index (χ0n) is 17.4. The fourth-order valence-corrected chi connectivity index (χ4v) is 4.88. The van der Waals surface area contributed by atoms with Crippen molar-refractivity contribution in [2.24, 2.45) is 0 Å². The summed E-state index contributed by atoms with van der Waals surface area (Å²) in [6, 6.07) is 3.95. The average molecular weight is 497 g/mol. The average Bonchev–Trinajstić information content (AvgIpc) is 3.62. The van der Waals surface area contributed by atoms with Gasteiger partial charge in [0.05, 0.1) is 51.0 Å². The summed E-state index contributed by atoms with van der Waals surface area (Å²) in [5.41, 5.74) is 0.975. The Labute approximate surface area is 199 Å². The molecule has 0 fully saturated rings. The Morgan fingerprint density at radius 3 is 2.91 bits per heavy atom. The van der Waals surface area contributed by atoms with Crippen molar-refractivity contribution in [3.8, 4) is 27.5 Å². The number of aromatic amines is 1. The molecule has 1 aromatic carbocycles. The first kappa shape index (κ1) is 20.7. The summed E-state index contributed by atoms with van der Waals surface area (Å²) in [7, 11) is 0. The molecule has 0 bridgehead atoms. The third-order valence-electron chi connectivity index (χ3n) is 5.77. The minimum Gasteiger partial charge on any atom is -0.339 e. The van der Waals surface area contributed by atoms with Crippen LogP contribution in [0.5, 0.6) is 0 Å². The van der Waals surface area contributed by atoms with E-state index < -0.39 is 5.82 Å². The quantitative estimate of drug-likeness (QED) is 0.401. The van der Waals surface area contributed by atoms with Crippen molar-refractivity contribution in [1.29, 1.82) is 0 Å². The molecule has 0 amide bonds. The van der Waals surface area contributed by atoms with E-state index in [2.05, 4.69) is 35.1 Å². The van der Waals surface area contributed by atoms with Crippen LogP contribution in [0.25, 0.3) is 27.5 Å². The Bertz CT molecular complexity index is 1560. The lowest BCUT2D eigenvalue weighted by atomic mass is 10.1. The molecule has 2 atom stereocenters. The van der Waals surface area contributed by atoms with Gasteiger partial charge in [-0.2, -0.15) is 4.68 Å². The summed E-state index contributed by atoms with van der Waals surface area (Å²) < 4.78 is 22.0. The van der Waals surface area contributed by atoms with Gasteiger partial charge in [0.25, 0.3) is 5.56 Å². The zero-order valence-corrected chi connectivity index (χ0v) is 19.0. The van der Waals surface area contributed by atoms with Gasteiger partial charge >= 0.3 is 0 Å². The molecule has 170 valence electrons. The van der Waals surface area contributed by atoms with E-state index in [0.717, 1.165) is 10.6 Å². The number of H-pyrrole nitrogens is 1. The van der Waals surface area contributed by atoms with Crippen LogP contribution in [0.15, 0.2) is 41.7 Å². The molecule has 4 aromatic heterocycles. The van der Waals surface area contributed by atoms with Gasteiger partial charge in [0.15, 0.2) is 5.82 Å². The largest absolute Gasteiger partial charge is 0.339 e. The number of aromatic nitrogens is 10. The van der Waals surface area contributed by atoms with E-state index in [1.165, 1.54) is 34.7 Å². The molecule has 5 heterocycles. The van der Waals surface area contributed by atoms with Crippen LogP contribution in [0, 0.1) is 5.82 Å². The zero-order chi connectivity index (χ0) is 23.4. The number of hydrogen-bond donors (Lipinski definition) is 1. The molecular formula is C20H14ClFN10OS. The highest BCUT2D eigenvalue weighted by Gasteiger charge is 2.34.